The summed E-state index contributed by atoms with van der Waals surface area (Å²) >= 11 is 0.883. The Morgan fingerprint density at radius 2 is 1.88 bits per heavy atom. The third kappa shape index (κ3) is 3.78. The number of thioether (sulfide) groups is 1. The molecule has 0 aromatic heterocycles. The van der Waals surface area contributed by atoms with E-state index in [1.54, 1.807) is 25.3 Å². The number of methoxy groups -OCH3 is 1. The van der Waals surface area contributed by atoms with Gasteiger partial charge in [0.15, 0.2) is 11.5 Å². The molecule has 2 amide bonds. The van der Waals surface area contributed by atoms with Gasteiger partial charge < -0.3 is 9.47 Å². The molecule has 0 aliphatic carbocycles. The van der Waals surface area contributed by atoms with Gasteiger partial charge in [-0.3, -0.25) is 14.9 Å². The highest BCUT2D eigenvalue weighted by Gasteiger charge is 2.25. The molecular formula is C18H15NO4S. The molecular weight excluding hydrogens is 326 g/mol. The first-order valence-electron chi connectivity index (χ1n) is 7.25. The van der Waals surface area contributed by atoms with Crippen molar-refractivity contribution in [2.45, 2.75) is 6.61 Å². The van der Waals surface area contributed by atoms with E-state index in [0.717, 1.165) is 22.9 Å². The number of rotatable bonds is 5. The lowest BCUT2D eigenvalue weighted by molar-refractivity contribution is -0.115. The lowest BCUT2D eigenvalue weighted by Gasteiger charge is -2.11. The fourth-order valence-electron chi connectivity index (χ4n) is 2.20. The third-order valence-corrected chi connectivity index (χ3v) is 4.18. The number of amides is 2. The van der Waals surface area contributed by atoms with Crippen molar-refractivity contribution in [3.8, 4) is 11.5 Å². The van der Waals surface area contributed by atoms with Crippen LogP contribution in [0.1, 0.15) is 11.1 Å². The quantitative estimate of drug-likeness (QED) is 0.842. The topological polar surface area (TPSA) is 64.6 Å². The molecule has 2 aromatic rings. The van der Waals surface area contributed by atoms with Gasteiger partial charge in [-0.05, 0) is 41.1 Å². The van der Waals surface area contributed by atoms with Gasteiger partial charge in [0.2, 0.25) is 0 Å². The number of carbonyl (C=O) groups is 2. The van der Waals surface area contributed by atoms with E-state index < -0.39 is 0 Å². The van der Waals surface area contributed by atoms with E-state index in [9.17, 15) is 9.59 Å². The molecule has 0 spiro atoms. The normalized spacial score (nSPS) is 15.5. The van der Waals surface area contributed by atoms with Gasteiger partial charge in [0, 0.05) is 0 Å². The van der Waals surface area contributed by atoms with Crippen LogP contribution in [-0.2, 0) is 11.4 Å². The maximum absolute atomic E-state index is 11.6. The van der Waals surface area contributed by atoms with Crippen LogP contribution >= 0.6 is 11.8 Å². The molecule has 5 nitrogen and oxygen atoms in total. The van der Waals surface area contributed by atoms with Gasteiger partial charge >= 0.3 is 0 Å². The van der Waals surface area contributed by atoms with Crippen molar-refractivity contribution in [2.24, 2.45) is 0 Å². The van der Waals surface area contributed by atoms with Crippen molar-refractivity contribution >= 4 is 29.0 Å². The van der Waals surface area contributed by atoms with Gasteiger partial charge in [-0.2, -0.15) is 0 Å². The standard InChI is InChI=1S/C18H15NO4S/c1-22-15-9-13(10-16-17(20)19-18(21)24-16)7-8-14(15)23-11-12-5-3-2-4-6-12/h2-10H,11H2,1H3,(H,19,20,21). The summed E-state index contributed by atoms with van der Waals surface area (Å²) < 4.78 is 11.2. The van der Waals surface area contributed by atoms with Gasteiger partial charge in [-0.1, -0.05) is 36.4 Å². The lowest BCUT2D eigenvalue weighted by atomic mass is 10.2. The summed E-state index contributed by atoms with van der Waals surface area (Å²) in [5.41, 5.74) is 1.81. The van der Waals surface area contributed by atoms with Crippen LogP contribution in [0.2, 0.25) is 0 Å². The predicted octanol–water partition coefficient (Wildman–Crippen LogP) is 3.60. The number of hydrogen-bond donors (Lipinski definition) is 1. The van der Waals surface area contributed by atoms with Crippen molar-refractivity contribution in [1.82, 2.24) is 5.32 Å². The van der Waals surface area contributed by atoms with Gasteiger partial charge in [0.05, 0.1) is 12.0 Å². The van der Waals surface area contributed by atoms with Gasteiger partial charge in [-0.15, -0.1) is 0 Å². The average molecular weight is 341 g/mol. The van der Waals surface area contributed by atoms with Crippen LogP contribution in [-0.4, -0.2) is 18.3 Å². The van der Waals surface area contributed by atoms with Crippen molar-refractivity contribution in [3.63, 3.8) is 0 Å². The van der Waals surface area contributed by atoms with Crippen molar-refractivity contribution in [2.75, 3.05) is 7.11 Å². The van der Waals surface area contributed by atoms with Crippen molar-refractivity contribution in [1.29, 1.82) is 0 Å². The van der Waals surface area contributed by atoms with Crippen LogP contribution in [0.15, 0.2) is 53.4 Å². The smallest absolute Gasteiger partial charge is 0.290 e. The Hall–Kier alpha value is -2.73. The van der Waals surface area contributed by atoms with Crippen molar-refractivity contribution in [3.05, 3.63) is 64.6 Å². The second-order valence-electron chi connectivity index (χ2n) is 5.04. The molecule has 0 atom stereocenters. The van der Waals surface area contributed by atoms with E-state index in [1.807, 2.05) is 36.4 Å². The van der Waals surface area contributed by atoms with E-state index in [0.29, 0.717) is 23.0 Å². The fourth-order valence-corrected chi connectivity index (χ4v) is 2.88. The van der Waals surface area contributed by atoms with Crippen molar-refractivity contribution < 1.29 is 19.1 Å². The minimum absolute atomic E-state index is 0.360. The molecule has 0 bridgehead atoms. The number of hydrogen-bond acceptors (Lipinski definition) is 5. The Balaban J connectivity index is 1.77. The summed E-state index contributed by atoms with van der Waals surface area (Å²) in [6.45, 7) is 0.435. The molecule has 3 rings (SSSR count). The Morgan fingerprint density at radius 3 is 2.54 bits per heavy atom. The number of imide groups is 1. The maximum atomic E-state index is 11.6. The average Bonchev–Trinajstić information content (AvgIpc) is 2.91. The molecule has 0 radical (unpaired) electrons. The molecule has 1 aliphatic rings. The number of carbonyl (C=O) groups excluding carboxylic acids is 2. The molecule has 6 heteroatoms. The predicted molar refractivity (Wildman–Crippen MR) is 92.9 cm³/mol. The van der Waals surface area contributed by atoms with E-state index in [1.165, 1.54) is 0 Å². The largest absolute Gasteiger partial charge is 0.493 e. The van der Waals surface area contributed by atoms with Crippen LogP contribution < -0.4 is 14.8 Å². The van der Waals surface area contributed by atoms with Crippen LogP contribution in [0, 0.1) is 0 Å². The molecule has 1 saturated heterocycles. The van der Waals surface area contributed by atoms with E-state index >= 15 is 0 Å². The second-order valence-corrected chi connectivity index (χ2v) is 6.05. The summed E-state index contributed by atoms with van der Waals surface area (Å²) in [6.07, 6.45) is 1.65. The number of nitrogens with one attached hydrogen (secondary N) is 1. The molecule has 1 N–H and O–H groups in total. The van der Waals surface area contributed by atoms with Gasteiger partial charge in [0.25, 0.3) is 11.1 Å². The monoisotopic (exact) mass is 341 g/mol. The first-order chi connectivity index (χ1) is 11.7. The highest BCUT2D eigenvalue weighted by atomic mass is 32.2. The first-order valence-corrected chi connectivity index (χ1v) is 8.07. The lowest BCUT2D eigenvalue weighted by Crippen LogP contribution is -2.17. The van der Waals surface area contributed by atoms with E-state index in [4.69, 9.17) is 9.47 Å². The minimum atomic E-state index is -0.381. The number of benzene rings is 2. The van der Waals surface area contributed by atoms with E-state index in [-0.39, 0.29) is 11.1 Å². The zero-order valence-electron chi connectivity index (χ0n) is 12.9. The molecule has 0 saturated carbocycles. The van der Waals surface area contributed by atoms with Crippen LogP contribution in [0.4, 0.5) is 4.79 Å². The second kappa shape index (κ2) is 7.23. The summed E-state index contributed by atoms with van der Waals surface area (Å²) in [4.78, 5) is 23.2. The summed E-state index contributed by atoms with van der Waals surface area (Å²) in [7, 11) is 1.56. The summed E-state index contributed by atoms with van der Waals surface area (Å²) in [6, 6.07) is 15.2. The molecule has 0 unspecified atom stereocenters. The Bertz CT molecular complexity index is 802. The Kier molecular flexibility index (Phi) is 4.86. The minimum Gasteiger partial charge on any atom is -0.493 e. The zero-order chi connectivity index (χ0) is 16.9. The Labute approximate surface area is 143 Å². The van der Waals surface area contributed by atoms with Crippen LogP contribution in [0.3, 0.4) is 0 Å². The molecule has 1 aliphatic heterocycles. The number of ether oxygens (including phenoxy) is 2. The third-order valence-electron chi connectivity index (χ3n) is 3.36. The van der Waals surface area contributed by atoms with Gasteiger partial charge in [-0.25, -0.2) is 0 Å². The van der Waals surface area contributed by atoms with Crippen LogP contribution in [0.5, 0.6) is 11.5 Å². The zero-order valence-corrected chi connectivity index (χ0v) is 13.8. The molecule has 1 fully saturated rings. The molecule has 122 valence electrons. The van der Waals surface area contributed by atoms with E-state index in [2.05, 4.69) is 5.32 Å². The SMILES string of the molecule is COc1cc(C=C2SC(=O)NC2=O)ccc1OCc1ccccc1. The molecule has 1 heterocycles. The first kappa shape index (κ1) is 16.1. The maximum Gasteiger partial charge on any atom is 0.290 e. The highest BCUT2D eigenvalue weighted by Crippen LogP contribution is 2.31. The Morgan fingerprint density at radius 1 is 1.08 bits per heavy atom. The fraction of sp³-hybridized carbons (Fsp3) is 0.111. The highest BCUT2D eigenvalue weighted by molar-refractivity contribution is 8.18. The molecule has 2 aromatic carbocycles. The molecule has 24 heavy (non-hydrogen) atoms. The summed E-state index contributed by atoms with van der Waals surface area (Å²) in [5.74, 6) is 0.798. The van der Waals surface area contributed by atoms with Gasteiger partial charge in [0.1, 0.15) is 6.61 Å². The van der Waals surface area contributed by atoms with Crippen LogP contribution in [0.25, 0.3) is 6.08 Å². The summed E-state index contributed by atoms with van der Waals surface area (Å²) in [5, 5.41) is 1.87.